The molecule has 18 heteroatoms. The van der Waals surface area contributed by atoms with Crippen molar-refractivity contribution in [3.05, 3.63) is 248 Å². The Kier molecular flexibility index (Phi) is 21.3. The van der Waals surface area contributed by atoms with Gasteiger partial charge in [0.05, 0.1) is 21.8 Å². The Morgan fingerprint density at radius 2 is 0.426 bits per heavy atom. The van der Waals surface area contributed by atoms with Crippen LogP contribution in [0.1, 0.15) is 22.3 Å². The van der Waals surface area contributed by atoms with Gasteiger partial charge in [-0.05, 0) is 132 Å². The van der Waals surface area contributed by atoms with Crippen molar-refractivity contribution in [2.24, 2.45) is 0 Å². The lowest BCUT2D eigenvalue weighted by molar-refractivity contribution is -2.00. The summed E-state index contributed by atoms with van der Waals surface area (Å²) in [6.07, 6.45) is 1.89. The number of halogens is 4. The first-order valence-electron chi connectivity index (χ1n) is 19.8. The van der Waals surface area contributed by atoms with Gasteiger partial charge in [-0.25, -0.2) is 55.9 Å². The van der Waals surface area contributed by atoms with Gasteiger partial charge in [-0.1, -0.05) is 121 Å². The third kappa shape index (κ3) is 21.1. The van der Waals surface area contributed by atoms with Gasteiger partial charge in [-0.15, -0.1) is 30.7 Å². The van der Waals surface area contributed by atoms with Gasteiger partial charge in [0, 0.05) is 0 Å². The molecule has 0 bridgehead atoms. The van der Waals surface area contributed by atoms with E-state index >= 15 is 0 Å². The van der Waals surface area contributed by atoms with E-state index in [1.807, 2.05) is 0 Å². The zero-order valence-corrected chi connectivity index (χ0v) is 41.5. The highest BCUT2D eigenvalue weighted by atomic mass is 127. The molecule has 8 aromatic rings. The Bertz CT molecular complexity index is 2370. The second kappa shape index (κ2) is 26.5. The molecule has 0 amide bonds. The van der Waals surface area contributed by atoms with E-state index in [2.05, 4.69) is 218 Å². The Morgan fingerprint density at radius 3 is 0.632 bits per heavy atom. The molecular formula is C50H40Cl3IO12S2. The van der Waals surface area contributed by atoms with Crippen LogP contribution in [0.3, 0.4) is 0 Å². The number of hydrogen-bond donors (Lipinski definition) is 0. The molecule has 0 radical (unpaired) electrons. The minimum Gasteiger partial charge on any atom is -0.222 e. The van der Waals surface area contributed by atoms with E-state index in [1.165, 1.54) is 58.8 Å². The molecule has 0 heterocycles. The molecule has 0 unspecified atom stereocenters. The lowest BCUT2D eigenvalue weighted by Crippen LogP contribution is -3.61. The van der Waals surface area contributed by atoms with Crippen molar-refractivity contribution in [3.63, 3.8) is 0 Å². The first kappa shape index (κ1) is 54.5. The van der Waals surface area contributed by atoms with Crippen LogP contribution in [0.4, 0.5) is 0 Å². The normalized spacial score (nSPS) is 11.4. The van der Waals surface area contributed by atoms with Crippen molar-refractivity contribution in [1.29, 1.82) is 0 Å². The van der Waals surface area contributed by atoms with Gasteiger partial charge < -0.3 is 0 Å². The average molecular weight is 1130 g/mol. The second-order valence-electron chi connectivity index (χ2n) is 14.0. The lowest BCUT2D eigenvalue weighted by atomic mass is 10.1. The van der Waals surface area contributed by atoms with Crippen LogP contribution in [-0.2, 0) is 34.6 Å². The maximum absolute atomic E-state index is 8.49. The molecule has 0 atom stereocenters. The first-order valence-corrected chi connectivity index (χ1v) is 28.1. The van der Waals surface area contributed by atoms with Gasteiger partial charge in [-0.3, -0.25) is 0 Å². The van der Waals surface area contributed by atoms with Crippen LogP contribution < -0.4 is 77.1 Å². The summed E-state index contributed by atoms with van der Waals surface area (Å²) in [4.78, 5) is 8.10. The van der Waals surface area contributed by atoms with Gasteiger partial charge >= 0.3 is 21.2 Å². The highest BCUT2D eigenvalue weighted by Crippen LogP contribution is 2.32. The van der Waals surface area contributed by atoms with Gasteiger partial charge in [-0.2, -0.15) is 0 Å². The fourth-order valence-corrected chi connectivity index (χ4v) is 12.8. The van der Waals surface area contributed by atoms with E-state index in [9.17, 15) is 0 Å². The van der Waals surface area contributed by atoms with Crippen LogP contribution >= 0.6 is 0 Å². The molecule has 0 fully saturated rings. The Balaban J connectivity index is 0.000000503. The molecule has 352 valence electrons. The summed E-state index contributed by atoms with van der Waals surface area (Å²) in [6, 6.07) is 80.7. The van der Waals surface area contributed by atoms with E-state index in [0.29, 0.717) is 0 Å². The molecule has 12 nitrogen and oxygen atoms in total. The van der Waals surface area contributed by atoms with Gasteiger partial charge in [0.25, 0.3) is 0 Å². The summed E-state index contributed by atoms with van der Waals surface area (Å²) < 4.78 is 105. The zero-order valence-electron chi connectivity index (χ0n) is 35.4. The molecule has 0 saturated heterocycles. The Hall–Kier alpha value is -4.42. The van der Waals surface area contributed by atoms with Crippen LogP contribution in [0.15, 0.2) is 248 Å². The molecule has 0 aliphatic rings. The number of hydrogen-bond acceptors (Lipinski definition) is 12. The number of benzene rings is 8. The van der Waals surface area contributed by atoms with Crippen molar-refractivity contribution < 1.29 is 108 Å². The fraction of sp³-hybridized carbons (Fsp3) is 0.0400. The smallest absolute Gasteiger partial charge is 0.222 e. The van der Waals surface area contributed by atoms with E-state index < -0.39 is 30.7 Å². The van der Waals surface area contributed by atoms with Crippen molar-refractivity contribution in [2.45, 2.75) is 42.2 Å². The summed E-state index contributed by atoms with van der Waals surface area (Å²) in [7, 11) is -15.1. The minimum absolute atomic E-state index is 0.115. The predicted octanol–water partition coefficient (Wildman–Crippen LogP) is -5.08. The van der Waals surface area contributed by atoms with E-state index in [1.54, 1.807) is 0 Å². The maximum Gasteiger partial charge on any atom is 0.357 e. The summed E-state index contributed by atoms with van der Waals surface area (Å²) in [5, 5.41) is 0. The van der Waals surface area contributed by atoms with E-state index in [-0.39, 0.29) is 43.0 Å². The summed E-state index contributed by atoms with van der Waals surface area (Å²) in [5.74, 6) is 0. The molecule has 0 aliphatic heterocycles. The number of rotatable bonds is 12. The van der Waals surface area contributed by atoms with Crippen LogP contribution in [0.5, 0.6) is 0 Å². The standard InChI is InChI=1S/C50H40IS2.3ClHO4/c1-5-13-45(14-6-1)52(46-15-7-2-8-16-46)49-33-25-41(26-34-49)37-39-21-29-43(30-22-39)51-44-31-23-40(24-32-44)38-42-27-35-50(36-28-42)53(47-17-9-3-10-18-47)48-19-11-4-12-20-48;3*2-1(3,4)5/h1-36H,37-38H2;3*(H,2,3,4,5)/q+3;;;/p-3. The van der Waals surface area contributed by atoms with E-state index in [0.717, 1.165) is 12.8 Å². The van der Waals surface area contributed by atoms with Crippen molar-refractivity contribution in [2.75, 3.05) is 0 Å². The summed E-state index contributed by atoms with van der Waals surface area (Å²) in [5.41, 5.74) is 5.41. The molecule has 0 aliphatic carbocycles. The fourth-order valence-electron chi connectivity index (χ4n) is 6.46. The van der Waals surface area contributed by atoms with E-state index in [4.69, 9.17) is 55.9 Å². The SMILES string of the molecule is [O-][Cl+3]([O-])([O-])[O-].[O-][Cl+3]([O-])([O-])[O-].[O-][Cl+3]([O-])([O-])[O-].c1ccc([S+](c2ccccc2)c2ccc(Cc3ccc([I+]c4ccc(Cc5ccc([S+](c6ccccc6)c6ccccc6)cc5)cc4)cc3)cc2)cc1. The van der Waals surface area contributed by atoms with Crippen molar-refractivity contribution in [3.8, 4) is 0 Å². The molecule has 8 aromatic carbocycles. The highest BCUT2D eigenvalue weighted by molar-refractivity contribution is 7.97. The van der Waals surface area contributed by atoms with Crippen LogP contribution in [0, 0.1) is 37.9 Å². The average Bonchev–Trinajstić information content (AvgIpc) is 3.29. The quantitative estimate of drug-likeness (QED) is 0.0822. The molecule has 0 N–H and O–H groups in total. The molecular weight excluding hydrogens is 1090 g/mol. The monoisotopic (exact) mass is 1130 g/mol. The van der Waals surface area contributed by atoms with Crippen LogP contribution in [0.25, 0.3) is 0 Å². The van der Waals surface area contributed by atoms with Crippen molar-refractivity contribution in [1.82, 2.24) is 0 Å². The van der Waals surface area contributed by atoms with Crippen molar-refractivity contribution >= 4 is 21.8 Å². The molecule has 0 aromatic heterocycles. The lowest BCUT2D eigenvalue weighted by Gasteiger charge is -2.17. The van der Waals surface area contributed by atoms with Gasteiger partial charge in [0.15, 0.2) is 36.5 Å². The van der Waals surface area contributed by atoms with Gasteiger partial charge in [0.1, 0.15) is 0 Å². The van der Waals surface area contributed by atoms with Crippen LogP contribution in [0.2, 0.25) is 0 Å². The molecule has 0 spiro atoms. The topological polar surface area (TPSA) is 277 Å². The maximum atomic E-state index is 8.49. The van der Waals surface area contributed by atoms with Crippen LogP contribution in [-0.4, -0.2) is 0 Å². The second-order valence-corrected chi connectivity index (χ2v) is 23.3. The summed E-state index contributed by atoms with van der Waals surface area (Å²) in [6.45, 7) is 0. The molecule has 8 rings (SSSR count). The van der Waals surface area contributed by atoms with Gasteiger partial charge in [0.2, 0.25) is 0 Å². The Morgan fingerprint density at radius 1 is 0.250 bits per heavy atom. The summed E-state index contributed by atoms with van der Waals surface area (Å²) >= 11 is -0.230. The first-order chi connectivity index (χ1) is 32.2. The Labute approximate surface area is 416 Å². The molecule has 0 saturated carbocycles. The third-order valence-electron chi connectivity index (χ3n) is 9.09. The third-order valence-corrected chi connectivity index (χ3v) is 16.2. The largest absolute Gasteiger partial charge is 0.357 e. The minimum atomic E-state index is -4.94. The zero-order chi connectivity index (χ0) is 49.2. The highest BCUT2D eigenvalue weighted by Gasteiger charge is 2.29. The molecule has 68 heavy (non-hydrogen) atoms. The predicted molar refractivity (Wildman–Crippen MR) is 219 cm³/mol.